The number of rotatable bonds is 6. The van der Waals surface area contributed by atoms with Gasteiger partial charge in [-0.1, -0.05) is 12.8 Å². The highest BCUT2D eigenvalue weighted by molar-refractivity contribution is 5.69. The summed E-state index contributed by atoms with van der Waals surface area (Å²) in [5, 5.41) is 0. The predicted molar refractivity (Wildman–Crippen MR) is 60.7 cm³/mol. The molecule has 0 unspecified atom stereocenters. The Kier molecular flexibility index (Phi) is 5.69. The van der Waals surface area contributed by atoms with E-state index >= 15 is 0 Å². The molecule has 1 fully saturated rings. The van der Waals surface area contributed by atoms with Gasteiger partial charge in [-0.2, -0.15) is 0 Å². The summed E-state index contributed by atoms with van der Waals surface area (Å²) in [6.45, 7) is 4.31. The van der Waals surface area contributed by atoms with E-state index < -0.39 is 0 Å². The lowest BCUT2D eigenvalue weighted by Crippen LogP contribution is -2.27. The fourth-order valence-electron chi connectivity index (χ4n) is 2.24. The van der Waals surface area contributed by atoms with Crippen LogP contribution in [0, 0.1) is 5.92 Å². The SMILES string of the molecule is CCOC(=O)CCN(C)CC1CCCC1. The second-order valence-electron chi connectivity index (χ2n) is 4.47. The molecule has 0 aromatic heterocycles. The van der Waals surface area contributed by atoms with Gasteiger partial charge in [0.25, 0.3) is 0 Å². The molecular weight excluding hydrogens is 190 g/mol. The molecule has 1 aliphatic rings. The van der Waals surface area contributed by atoms with Crippen molar-refractivity contribution in [2.24, 2.45) is 5.92 Å². The lowest BCUT2D eigenvalue weighted by atomic mass is 10.1. The molecule has 0 amide bonds. The average Bonchev–Trinajstić information content (AvgIpc) is 2.68. The van der Waals surface area contributed by atoms with Gasteiger partial charge in [-0.3, -0.25) is 4.79 Å². The summed E-state index contributed by atoms with van der Waals surface area (Å²) in [6.07, 6.45) is 6.03. The molecule has 0 heterocycles. The van der Waals surface area contributed by atoms with Crippen LogP contribution in [0.1, 0.15) is 39.0 Å². The number of esters is 1. The maximum absolute atomic E-state index is 11.1. The number of ether oxygens (including phenoxy) is 1. The Bertz CT molecular complexity index is 188. The maximum atomic E-state index is 11.1. The van der Waals surface area contributed by atoms with Gasteiger partial charge >= 0.3 is 5.97 Å². The lowest BCUT2D eigenvalue weighted by Gasteiger charge is -2.20. The molecule has 0 aromatic carbocycles. The Morgan fingerprint density at radius 3 is 2.67 bits per heavy atom. The molecule has 1 rings (SSSR count). The standard InChI is InChI=1S/C12H23NO2/c1-3-15-12(14)8-9-13(2)10-11-6-4-5-7-11/h11H,3-10H2,1-2H3. The van der Waals surface area contributed by atoms with Crippen molar-refractivity contribution in [1.29, 1.82) is 0 Å². The molecule has 0 N–H and O–H groups in total. The van der Waals surface area contributed by atoms with Crippen LogP contribution in [0.5, 0.6) is 0 Å². The largest absolute Gasteiger partial charge is 0.466 e. The molecule has 1 saturated carbocycles. The molecule has 88 valence electrons. The highest BCUT2D eigenvalue weighted by Crippen LogP contribution is 2.25. The van der Waals surface area contributed by atoms with Crippen molar-refractivity contribution in [3.8, 4) is 0 Å². The third-order valence-electron chi connectivity index (χ3n) is 3.05. The van der Waals surface area contributed by atoms with E-state index in [1.165, 1.54) is 25.7 Å². The Morgan fingerprint density at radius 1 is 1.40 bits per heavy atom. The molecule has 0 aromatic rings. The molecule has 1 aliphatic carbocycles. The minimum absolute atomic E-state index is 0.0734. The first kappa shape index (κ1) is 12.5. The monoisotopic (exact) mass is 213 g/mol. The van der Waals surface area contributed by atoms with Gasteiger partial charge in [0.05, 0.1) is 13.0 Å². The van der Waals surface area contributed by atoms with Crippen LogP contribution >= 0.6 is 0 Å². The summed E-state index contributed by atoms with van der Waals surface area (Å²) in [5.74, 6) is 0.785. The number of carbonyl (C=O) groups is 1. The zero-order valence-corrected chi connectivity index (χ0v) is 10.00. The van der Waals surface area contributed by atoms with E-state index in [9.17, 15) is 4.79 Å². The Labute approximate surface area is 92.8 Å². The zero-order chi connectivity index (χ0) is 11.1. The van der Waals surface area contributed by atoms with Gasteiger partial charge in [-0.25, -0.2) is 0 Å². The van der Waals surface area contributed by atoms with Crippen LogP contribution in [-0.2, 0) is 9.53 Å². The van der Waals surface area contributed by atoms with Crippen LogP contribution in [0.2, 0.25) is 0 Å². The minimum Gasteiger partial charge on any atom is -0.466 e. The van der Waals surface area contributed by atoms with Crippen molar-refractivity contribution in [2.75, 3.05) is 26.7 Å². The highest BCUT2D eigenvalue weighted by Gasteiger charge is 2.16. The van der Waals surface area contributed by atoms with Gasteiger partial charge in [0.1, 0.15) is 0 Å². The minimum atomic E-state index is -0.0734. The fourth-order valence-corrected chi connectivity index (χ4v) is 2.24. The molecule has 0 spiro atoms. The third kappa shape index (κ3) is 5.17. The molecule has 0 atom stereocenters. The van der Waals surface area contributed by atoms with E-state index in [1.54, 1.807) is 0 Å². The first-order chi connectivity index (χ1) is 7.22. The van der Waals surface area contributed by atoms with Gasteiger partial charge in [-0.05, 0) is 32.7 Å². The van der Waals surface area contributed by atoms with Gasteiger partial charge in [-0.15, -0.1) is 0 Å². The summed E-state index contributed by atoms with van der Waals surface area (Å²) in [7, 11) is 2.09. The molecule has 0 radical (unpaired) electrons. The van der Waals surface area contributed by atoms with Crippen LogP contribution in [0.3, 0.4) is 0 Å². The van der Waals surface area contributed by atoms with Gasteiger partial charge < -0.3 is 9.64 Å². The molecule has 3 heteroatoms. The maximum Gasteiger partial charge on any atom is 0.307 e. The molecule has 3 nitrogen and oxygen atoms in total. The van der Waals surface area contributed by atoms with E-state index in [-0.39, 0.29) is 5.97 Å². The summed E-state index contributed by atoms with van der Waals surface area (Å²) < 4.78 is 4.90. The van der Waals surface area contributed by atoms with Gasteiger partial charge in [0, 0.05) is 13.1 Å². The zero-order valence-electron chi connectivity index (χ0n) is 10.00. The molecule has 0 aliphatic heterocycles. The van der Waals surface area contributed by atoms with Crippen LogP contribution in [0.4, 0.5) is 0 Å². The van der Waals surface area contributed by atoms with Crippen LogP contribution in [0.15, 0.2) is 0 Å². The van der Waals surface area contributed by atoms with E-state index in [1.807, 2.05) is 6.92 Å². The van der Waals surface area contributed by atoms with Gasteiger partial charge in [0.15, 0.2) is 0 Å². The summed E-state index contributed by atoms with van der Waals surface area (Å²) in [4.78, 5) is 13.4. The van der Waals surface area contributed by atoms with E-state index in [0.29, 0.717) is 13.0 Å². The quantitative estimate of drug-likeness (QED) is 0.633. The number of carbonyl (C=O) groups excluding carboxylic acids is 1. The average molecular weight is 213 g/mol. The van der Waals surface area contributed by atoms with Crippen molar-refractivity contribution in [2.45, 2.75) is 39.0 Å². The van der Waals surface area contributed by atoms with Crippen LogP contribution in [0.25, 0.3) is 0 Å². The Balaban J connectivity index is 2.07. The van der Waals surface area contributed by atoms with E-state index in [0.717, 1.165) is 19.0 Å². The Morgan fingerprint density at radius 2 is 2.07 bits per heavy atom. The summed E-state index contributed by atoms with van der Waals surface area (Å²) in [5.41, 5.74) is 0. The normalized spacial score (nSPS) is 17.3. The number of hydrogen-bond acceptors (Lipinski definition) is 3. The fraction of sp³-hybridized carbons (Fsp3) is 0.917. The molecule has 0 bridgehead atoms. The molecular formula is C12H23NO2. The first-order valence-electron chi connectivity index (χ1n) is 6.06. The molecule has 0 saturated heterocycles. The summed E-state index contributed by atoms with van der Waals surface area (Å²) in [6, 6.07) is 0. The van der Waals surface area contributed by atoms with Crippen molar-refractivity contribution >= 4 is 5.97 Å². The van der Waals surface area contributed by atoms with Crippen molar-refractivity contribution < 1.29 is 9.53 Å². The highest BCUT2D eigenvalue weighted by atomic mass is 16.5. The second kappa shape index (κ2) is 6.83. The van der Waals surface area contributed by atoms with Gasteiger partial charge in [0.2, 0.25) is 0 Å². The van der Waals surface area contributed by atoms with Crippen LogP contribution < -0.4 is 0 Å². The van der Waals surface area contributed by atoms with E-state index in [4.69, 9.17) is 4.74 Å². The summed E-state index contributed by atoms with van der Waals surface area (Å²) >= 11 is 0. The van der Waals surface area contributed by atoms with Crippen LogP contribution in [-0.4, -0.2) is 37.6 Å². The second-order valence-corrected chi connectivity index (χ2v) is 4.47. The number of hydrogen-bond donors (Lipinski definition) is 0. The predicted octanol–water partition coefficient (Wildman–Crippen LogP) is 2.06. The number of nitrogens with zero attached hydrogens (tertiary/aromatic N) is 1. The Hall–Kier alpha value is -0.570. The van der Waals surface area contributed by atoms with E-state index in [2.05, 4.69) is 11.9 Å². The first-order valence-corrected chi connectivity index (χ1v) is 6.06. The van der Waals surface area contributed by atoms with Crippen molar-refractivity contribution in [3.05, 3.63) is 0 Å². The lowest BCUT2D eigenvalue weighted by molar-refractivity contribution is -0.143. The third-order valence-corrected chi connectivity index (χ3v) is 3.05. The molecule has 15 heavy (non-hydrogen) atoms. The van der Waals surface area contributed by atoms with Crippen molar-refractivity contribution in [3.63, 3.8) is 0 Å². The topological polar surface area (TPSA) is 29.5 Å². The smallest absolute Gasteiger partial charge is 0.307 e. The van der Waals surface area contributed by atoms with Crippen molar-refractivity contribution in [1.82, 2.24) is 4.90 Å².